The van der Waals surface area contributed by atoms with E-state index in [1.165, 1.54) is 11.6 Å². The molecule has 0 aromatic heterocycles. The van der Waals surface area contributed by atoms with Crippen molar-refractivity contribution < 1.29 is 4.92 Å². The molecule has 0 fully saturated rings. The van der Waals surface area contributed by atoms with Crippen LogP contribution in [0.2, 0.25) is 5.02 Å². The number of rotatable bonds is 5. The van der Waals surface area contributed by atoms with Gasteiger partial charge in [-0.25, -0.2) is 0 Å². The third-order valence-electron chi connectivity index (χ3n) is 3.35. The maximum atomic E-state index is 10.9. The third-order valence-corrected chi connectivity index (χ3v) is 3.72. The van der Waals surface area contributed by atoms with Crippen LogP contribution in [0.1, 0.15) is 18.1 Å². The largest absolute Gasteiger partial charge is 0.367 e. The van der Waals surface area contributed by atoms with Crippen LogP contribution in [0.5, 0.6) is 0 Å². The van der Waals surface area contributed by atoms with Crippen molar-refractivity contribution in [3.8, 4) is 0 Å². The first kappa shape index (κ1) is 15.3. The van der Waals surface area contributed by atoms with Gasteiger partial charge in [-0.2, -0.15) is 0 Å². The fraction of sp³-hybridized carbons (Fsp3) is 0.250. The van der Waals surface area contributed by atoms with Crippen LogP contribution < -0.4 is 4.90 Å². The lowest BCUT2D eigenvalue weighted by Crippen LogP contribution is -2.22. The number of nitro benzene ring substituents is 1. The minimum atomic E-state index is -0.400. The zero-order valence-corrected chi connectivity index (χ0v) is 12.8. The molecule has 0 spiro atoms. The highest BCUT2D eigenvalue weighted by Crippen LogP contribution is 2.26. The lowest BCUT2D eigenvalue weighted by Gasteiger charge is -2.24. The minimum Gasteiger partial charge on any atom is -0.367 e. The quantitative estimate of drug-likeness (QED) is 0.600. The Balaban J connectivity index is 2.30. The summed E-state index contributed by atoms with van der Waals surface area (Å²) < 4.78 is 0. The Labute approximate surface area is 129 Å². The number of hydrogen-bond donors (Lipinski definition) is 0. The number of nitrogens with zero attached hydrogens (tertiary/aromatic N) is 2. The fourth-order valence-corrected chi connectivity index (χ4v) is 2.39. The molecule has 0 saturated carbocycles. The standard InChI is InChI=1S/C16H17ClN2O2/c1-3-18(14-6-4-5-12(2)9-14)11-13-10-15(19(20)21)7-8-16(13)17/h4-10H,3,11H2,1-2H3. The van der Waals surface area contributed by atoms with Crippen LogP contribution in [0.15, 0.2) is 42.5 Å². The highest BCUT2D eigenvalue weighted by atomic mass is 35.5. The molecule has 0 amide bonds. The van der Waals surface area contributed by atoms with E-state index in [1.807, 2.05) is 32.0 Å². The van der Waals surface area contributed by atoms with E-state index >= 15 is 0 Å². The Morgan fingerprint density at radius 3 is 2.62 bits per heavy atom. The molecule has 0 aliphatic heterocycles. The molecule has 0 atom stereocenters. The second-order valence-electron chi connectivity index (χ2n) is 4.89. The first-order chi connectivity index (χ1) is 10.0. The summed E-state index contributed by atoms with van der Waals surface area (Å²) in [4.78, 5) is 12.6. The number of halogens is 1. The van der Waals surface area contributed by atoms with E-state index in [9.17, 15) is 10.1 Å². The molecule has 0 N–H and O–H groups in total. The molecule has 0 radical (unpaired) electrons. The van der Waals surface area contributed by atoms with Crippen molar-refractivity contribution in [2.75, 3.05) is 11.4 Å². The Hall–Kier alpha value is -2.07. The van der Waals surface area contributed by atoms with Crippen LogP contribution in [-0.2, 0) is 6.54 Å². The molecule has 0 heterocycles. The van der Waals surface area contributed by atoms with Crippen LogP contribution in [0.25, 0.3) is 0 Å². The molecular weight excluding hydrogens is 288 g/mol. The van der Waals surface area contributed by atoms with E-state index < -0.39 is 4.92 Å². The summed E-state index contributed by atoms with van der Waals surface area (Å²) in [5.74, 6) is 0. The van der Waals surface area contributed by atoms with Crippen molar-refractivity contribution in [2.24, 2.45) is 0 Å². The molecule has 0 unspecified atom stereocenters. The molecule has 4 nitrogen and oxygen atoms in total. The molecule has 2 rings (SSSR count). The number of non-ortho nitro benzene ring substituents is 1. The van der Waals surface area contributed by atoms with Crippen LogP contribution in [-0.4, -0.2) is 11.5 Å². The number of hydrogen-bond acceptors (Lipinski definition) is 3. The van der Waals surface area contributed by atoms with E-state index in [0.29, 0.717) is 11.6 Å². The van der Waals surface area contributed by atoms with Gasteiger partial charge >= 0.3 is 0 Å². The van der Waals surface area contributed by atoms with E-state index in [-0.39, 0.29) is 5.69 Å². The smallest absolute Gasteiger partial charge is 0.269 e. The summed E-state index contributed by atoms with van der Waals surface area (Å²) in [6, 6.07) is 12.7. The lowest BCUT2D eigenvalue weighted by molar-refractivity contribution is -0.384. The predicted octanol–water partition coefficient (Wildman–Crippen LogP) is 4.58. The van der Waals surface area contributed by atoms with E-state index in [1.54, 1.807) is 12.1 Å². The highest BCUT2D eigenvalue weighted by molar-refractivity contribution is 6.31. The zero-order valence-electron chi connectivity index (χ0n) is 12.0. The summed E-state index contributed by atoms with van der Waals surface area (Å²) in [6.45, 7) is 5.42. The number of nitro groups is 1. The van der Waals surface area contributed by atoms with Gasteiger partial charge in [0.05, 0.1) is 4.92 Å². The second-order valence-corrected chi connectivity index (χ2v) is 5.29. The third kappa shape index (κ3) is 3.73. The lowest BCUT2D eigenvalue weighted by atomic mass is 10.1. The summed E-state index contributed by atoms with van der Waals surface area (Å²) in [5.41, 5.74) is 3.08. The predicted molar refractivity (Wildman–Crippen MR) is 86.0 cm³/mol. The molecule has 21 heavy (non-hydrogen) atoms. The van der Waals surface area contributed by atoms with Gasteiger partial charge in [0.2, 0.25) is 0 Å². The van der Waals surface area contributed by atoms with Crippen LogP contribution in [0, 0.1) is 17.0 Å². The zero-order chi connectivity index (χ0) is 15.4. The van der Waals surface area contributed by atoms with Crippen molar-refractivity contribution in [3.05, 3.63) is 68.7 Å². The van der Waals surface area contributed by atoms with Gasteiger partial charge in [0.15, 0.2) is 0 Å². The summed E-state index contributed by atoms with van der Waals surface area (Å²) >= 11 is 6.17. The van der Waals surface area contributed by atoms with E-state index in [0.717, 1.165) is 17.8 Å². The van der Waals surface area contributed by atoms with Crippen molar-refractivity contribution in [1.29, 1.82) is 0 Å². The average molecular weight is 305 g/mol. The molecular formula is C16H17ClN2O2. The molecule has 0 aliphatic carbocycles. The SMILES string of the molecule is CCN(Cc1cc([N+](=O)[O-])ccc1Cl)c1cccc(C)c1. The number of anilines is 1. The van der Waals surface area contributed by atoms with Crippen LogP contribution >= 0.6 is 11.6 Å². The van der Waals surface area contributed by atoms with Gasteiger partial charge in [-0.05, 0) is 43.2 Å². The van der Waals surface area contributed by atoms with Gasteiger partial charge < -0.3 is 4.90 Å². The van der Waals surface area contributed by atoms with Gasteiger partial charge in [-0.3, -0.25) is 10.1 Å². The highest BCUT2D eigenvalue weighted by Gasteiger charge is 2.13. The van der Waals surface area contributed by atoms with Gasteiger partial charge in [0.25, 0.3) is 5.69 Å². The molecule has 2 aromatic rings. The second kappa shape index (κ2) is 6.59. The molecule has 2 aromatic carbocycles. The summed E-state index contributed by atoms with van der Waals surface area (Å²) in [7, 11) is 0. The Kier molecular flexibility index (Phi) is 4.81. The van der Waals surface area contributed by atoms with Crippen LogP contribution in [0.4, 0.5) is 11.4 Å². The van der Waals surface area contributed by atoms with Crippen LogP contribution in [0.3, 0.4) is 0 Å². The molecule has 0 saturated heterocycles. The topological polar surface area (TPSA) is 46.4 Å². The summed E-state index contributed by atoms with van der Waals surface area (Å²) in [6.07, 6.45) is 0. The van der Waals surface area contributed by atoms with Gasteiger partial charge in [0, 0.05) is 35.9 Å². The maximum Gasteiger partial charge on any atom is 0.269 e. The van der Waals surface area contributed by atoms with Crippen molar-refractivity contribution >= 4 is 23.0 Å². The normalized spacial score (nSPS) is 10.4. The number of aryl methyl sites for hydroxylation is 1. The van der Waals surface area contributed by atoms with Crippen molar-refractivity contribution in [2.45, 2.75) is 20.4 Å². The molecule has 0 bridgehead atoms. The monoisotopic (exact) mass is 304 g/mol. The Bertz CT molecular complexity index is 658. The number of benzene rings is 2. The van der Waals surface area contributed by atoms with Crippen molar-refractivity contribution in [1.82, 2.24) is 0 Å². The Morgan fingerprint density at radius 1 is 1.24 bits per heavy atom. The first-order valence-electron chi connectivity index (χ1n) is 6.75. The average Bonchev–Trinajstić information content (AvgIpc) is 2.46. The first-order valence-corrected chi connectivity index (χ1v) is 7.13. The Morgan fingerprint density at radius 2 is 2.00 bits per heavy atom. The maximum absolute atomic E-state index is 10.9. The van der Waals surface area contributed by atoms with Crippen molar-refractivity contribution in [3.63, 3.8) is 0 Å². The van der Waals surface area contributed by atoms with Gasteiger partial charge in [-0.1, -0.05) is 23.7 Å². The fourth-order valence-electron chi connectivity index (χ4n) is 2.21. The minimum absolute atomic E-state index is 0.0645. The molecule has 0 aliphatic rings. The van der Waals surface area contributed by atoms with Gasteiger partial charge in [-0.15, -0.1) is 0 Å². The van der Waals surface area contributed by atoms with E-state index in [2.05, 4.69) is 11.0 Å². The summed E-state index contributed by atoms with van der Waals surface area (Å²) in [5, 5.41) is 11.4. The van der Waals surface area contributed by atoms with Gasteiger partial charge in [0.1, 0.15) is 0 Å². The van der Waals surface area contributed by atoms with E-state index in [4.69, 9.17) is 11.6 Å². The molecule has 110 valence electrons. The molecule has 5 heteroatoms.